The summed E-state index contributed by atoms with van der Waals surface area (Å²) in [6, 6.07) is 0. The van der Waals surface area contributed by atoms with Crippen molar-refractivity contribution in [3.8, 4) is 0 Å². The van der Waals surface area contributed by atoms with Crippen molar-refractivity contribution in [2.45, 2.75) is 122 Å². The van der Waals surface area contributed by atoms with E-state index in [2.05, 4.69) is 13.8 Å². The molecule has 5 fully saturated rings. The number of esters is 2. The molecule has 6 heteroatoms. The third-order valence-electron chi connectivity index (χ3n) is 10.7. The predicted octanol–water partition coefficient (Wildman–Crippen LogP) is 5.05. The molecule has 0 bridgehead atoms. The van der Waals surface area contributed by atoms with Gasteiger partial charge in [-0.05, 0) is 119 Å². The monoisotopic (exact) mass is 490 g/mol. The van der Waals surface area contributed by atoms with Gasteiger partial charge in [-0.1, -0.05) is 13.8 Å². The molecule has 0 aromatic carbocycles. The number of fused-ring (bicyclic) bond motifs is 4. The Morgan fingerprint density at radius 1 is 1.06 bits per heavy atom. The van der Waals surface area contributed by atoms with Gasteiger partial charge in [-0.15, -0.1) is 0 Å². The summed E-state index contributed by atoms with van der Waals surface area (Å²) in [4.78, 5) is 24.1. The Bertz CT molecular complexity index is 834. The van der Waals surface area contributed by atoms with E-state index in [1.165, 1.54) is 32.1 Å². The molecule has 1 saturated heterocycles. The minimum Gasteiger partial charge on any atom is -0.457 e. The molecule has 1 aliphatic heterocycles. The normalized spacial score (nSPS) is 44.8. The first-order valence-electron chi connectivity index (χ1n) is 14.2. The van der Waals surface area contributed by atoms with Crippen LogP contribution in [0, 0.1) is 40.9 Å². The number of carbonyl (C=O) groups excluding carboxylic acids is 2. The highest BCUT2D eigenvalue weighted by Crippen LogP contribution is 2.72. The fourth-order valence-corrected chi connectivity index (χ4v) is 9.16. The summed E-state index contributed by atoms with van der Waals surface area (Å²) in [6.45, 7) is 9.88. The number of hydrogen-bond donors (Lipinski definition) is 1. The molecule has 5 rings (SSSR count). The van der Waals surface area contributed by atoms with E-state index < -0.39 is 11.6 Å². The van der Waals surface area contributed by atoms with E-state index >= 15 is 0 Å². The van der Waals surface area contributed by atoms with Crippen molar-refractivity contribution >= 4 is 11.9 Å². The van der Waals surface area contributed by atoms with Gasteiger partial charge >= 0.3 is 11.9 Å². The van der Waals surface area contributed by atoms with E-state index in [1.54, 1.807) is 20.8 Å². The summed E-state index contributed by atoms with van der Waals surface area (Å²) >= 11 is 0. The topological polar surface area (TPSA) is 85.4 Å². The van der Waals surface area contributed by atoms with Crippen molar-refractivity contribution in [3.05, 3.63) is 0 Å². The van der Waals surface area contributed by atoms with Crippen molar-refractivity contribution in [1.82, 2.24) is 0 Å². The van der Waals surface area contributed by atoms with Gasteiger partial charge in [-0.2, -0.15) is 0 Å². The number of rotatable bonds is 6. The standard InChI is InChI=1S/C29H46O6/c1-17(6-11-25(31)33-16-26(32)35-27(2,3)4)21-9-10-22-20-8-7-18-14-19(30)12-13-28(18,5)23(20)15-24-29(21,22)34-24/h17-24,30H,6-16H2,1-5H3/t17?,18?,19?,20?,21?,22?,23?,24?,28?,29-/m0/s1. The van der Waals surface area contributed by atoms with Crippen LogP contribution >= 0.6 is 0 Å². The molecule has 0 amide bonds. The maximum Gasteiger partial charge on any atom is 0.344 e. The first-order valence-corrected chi connectivity index (χ1v) is 14.2. The quantitative estimate of drug-likeness (QED) is 0.414. The number of aliphatic hydroxyl groups is 1. The second-order valence-corrected chi connectivity index (χ2v) is 13.7. The predicted molar refractivity (Wildman–Crippen MR) is 131 cm³/mol. The number of ether oxygens (including phenoxy) is 3. The van der Waals surface area contributed by atoms with Crippen molar-refractivity contribution < 1.29 is 28.9 Å². The van der Waals surface area contributed by atoms with Crippen molar-refractivity contribution in [2.24, 2.45) is 40.9 Å². The average molecular weight is 491 g/mol. The molecule has 198 valence electrons. The van der Waals surface area contributed by atoms with Crippen LogP contribution in [-0.2, 0) is 23.8 Å². The third-order valence-corrected chi connectivity index (χ3v) is 10.7. The van der Waals surface area contributed by atoms with Gasteiger partial charge in [0.05, 0.1) is 12.2 Å². The maximum absolute atomic E-state index is 12.3. The van der Waals surface area contributed by atoms with E-state index in [-0.39, 0.29) is 24.3 Å². The van der Waals surface area contributed by atoms with E-state index in [0.717, 1.165) is 37.5 Å². The van der Waals surface area contributed by atoms with Gasteiger partial charge in [-0.25, -0.2) is 4.79 Å². The van der Waals surface area contributed by atoms with E-state index in [1.807, 2.05) is 0 Å². The smallest absolute Gasteiger partial charge is 0.344 e. The van der Waals surface area contributed by atoms with Crippen molar-refractivity contribution in [1.29, 1.82) is 0 Å². The van der Waals surface area contributed by atoms with Gasteiger partial charge in [0.2, 0.25) is 0 Å². The Morgan fingerprint density at radius 2 is 1.83 bits per heavy atom. The lowest BCUT2D eigenvalue weighted by molar-refractivity contribution is -0.166. The zero-order chi connectivity index (χ0) is 25.2. The second kappa shape index (κ2) is 9.01. The van der Waals surface area contributed by atoms with E-state index in [0.29, 0.717) is 41.6 Å². The van der Waals surface area contributed by atoms with Crippen LogP contribution in [0.3, 0.4) is 0 Å². The van der Waals surface area contributed by atoms with Crippen molar-refractivity contribution in [2.75, 3.05) is 6.61 Å². The van der Waals surface area contributed by atoms with Gasteiger partial charge in [0, 0.05) is 6.42 Å². The summed E-state index contributed by atoms with van der Waals surface area (Å²) in [5, 5.41) is 10.3. The molecular formula is C29H46O6. The molecule has 1 spiro atoms. The molecule has 35 heavy (non-hydrogen) atoms. The lowest BCUT2D eigenvalue weighted by Crippen LogP contribution is -2.54. The fourth-order valence-electron chi connectivity index (χ4n) is 9.16. The Labute approximate surface area is 210 Å². The Hall–Kier alpha value is -1.14. The molecule has 0 aromatic rings. The molecule has 1 heterocycles. The fraction of sp³-hybridized carbons (Fsp3) is 0.931. The van der Waals surface area contributed by atoms with Crippen molar-refractivity contribution in [3.63, 3.8) is 0 Å². The van der Waals surface area contributed by atoms with Crippen LogP contribution in [0.25, 0.3) is 0 Å². The van der Waals surface area contributed by atoms with Crippen LogP contribution in [0.4, 0.5) is 0 Å². The number of hydrogen-bond acceptors (Lipinski definition) is 6. The molecule has 10 atom stereocenters. The summed E-state index contributed by atoms with van der Waals surface area (Å²) in [5.74, 6) is 2.89. The molecule has 0 aromatic heterocycles. The molecule has 0 radical (unpaired) electrons. The number of carbonyl (C=O) groups is 2. The van der Waals surface area contributed by atoms with Gasteiger partial charge in [0.15, 0.2) is 6.61 Å². The summed E-state index contributed by atoms with van der Waals surface area (Å²) in [5.41, 5.74) is -0.175. The highest BCUT2D eigenvalue weighted by atomic mass is 16.6. The highest BCUT2D eigenvalue weighted by Gasteiger charge is 2.75. The summed E-state index contributed by atoms with van der Waals surface area (Å²) < 4.78 is 17.1. The molecule has 4 aliphatic carbocycles. The SMILES string of the molecule is CC(CCC(=O)OCC(=O)OC(C)(C)C)C1CCC2C3CCC4CC(O)CCC4(C)C3CC3O[C@@]312. The first kappa shape index (κ1) is 25.5. The zero-order valence-electron chi connectivity index (χ0n) is 22.4. The van der Waals surface area contributed by atoms with Gasteiger partial charge < -0.3 is 19.3 Å². The first-order chi connectivity index (χ1) is 16.4. The lowest BCUT2D eigenvalue weighted by Gasteiger charge is -2.58. The summed E-state index contributed by atoms with van der Waals surface area (Å²) in [7, 11) is 0. The zero-order valence-corrected chi connectivity index (χ0v) is 22.4. The minimum atomic E-state index is -0.578. The van der Waals surface area contributed by atoms with Crippen LogP contribution in [0.15, 0.2) is 0 Å². The minimum absolute atomic E-state index is 0.0401. The Balaban J connectivity index is 1.16. The van der Waals surface area contributed by atoms with Crippen LogP contribution in [0.1, 0.15) is 98.8 Å². The largest absolute Gasteiger partial charge is 0.457 e. The second-order valence-electron chi connectivity index (χ2n) is 13.7. The van der Waals surface area contributed by atoms with Crippen LogP contribution in [0.5, 0.6) is 0 Å². The van der Waals surface area contributed by atoms with Crippen LogP contribution in [0.2, 0.25) is 0 Å². The molecule has 9 unspecified atom stereocenters. The summed E-state index contributed by atoms with van der Waals surface area (Å²) in [6.07, 6.45) is 10.7. The van der Waals surface area contributed by atoms with Gasteiger partial charge in [0.1, 0.15) is 11.2 Å². The molecule has 1 N–H and O–H groups in total. The van der Waals surface area contributed by atoms with Crippen LogP contribution < -0.4 is 0 Å². The molecule has 4 saturated carbocycles. The van der Waals surface area contributed by atoms with E-state index in [4.69, 9.17) is 14.2 Å². The lowest BCUT2D eigenvalue weighted by atomic mass is 9.46. The Kier molecular flexibility index (Phi) is 6.56. The van der Waals surface area contributed by atoms with Gasteiger partial charge in [0.25, 0.3) is 0 Å². The third kappa shape index (κ3) is 4.56. The van der Waals surface area contributed by atoms with Crippen LogP contribution in [-0.4, -0.2) is 47.1 Å². The molecular weight excluding hydrogens is 444 g/mol. The average Bonchev–Trinajstić information content (AvgIpc) is 3.37. The molecule has 6 nitrogen and oxygen atoms in total. The highest BCUT2D eigenvalue weighted by molar-refractivity contribution is 5.76. The van der Waals surface area contributed by atoms with Gasteiger partial charge in [-0.3, -0.25) is 4.79 Å². The molecule has 5 aliphatic rings. The maximum atomic E-state index is 12.3. The van der Waals surface area contributed by atoms with E-state index in [9.17, 15) is 14.7 Å². The number of epoxide rings is 1. The Morgan fingerprint density at radius 3 is 2.57 bits per heavy atom. The number of aliphatic hydroxyl groups excluding tert-OH is 1.